The van der Waals surface area contributed by atoms with Gasteiger partial charge in [-0.2, -0.15) is 0 Å². The van der Waals surface area contributed by atoms with Crippen LogP contribution in [0.3, 0.4) is 0 Å². The Labute approximate surface area is 127 Å². The third-order valence-corrected chi connectivity index (χ3v) is 3.42. The third-order valence-electron chi connectivity index (χ3n) is 3.42. The van der Waals surface area contributed by atoms with Gasteiger partial charge >= 0.3 is 5.97 Å². The number of rotatable bonds is 5. The molecule has 0 saturated carbocycles. The van der Waals surface area contributed by atoms with E-state index in [9.17, 15) is 9.59 Å². The lowest BCUT2D eigenvalue weighted by atomic mass is 9.95. The van der Waals surface area contributed by atoms with Crippen LogP contribution in [0, 0.1) is 0 Å². The highest BCUT2D eigenvalue weighted by molar-refractivity contribution is 6.05. The molecule has 1 aliphatic heterocycles. The van der Waals surface area contributed by atoms with Gasteiger partial charge in [0.2, 0.25) is 5.60 Å². The molecule has 1 aromatic rings. The first-order chi connectivity index (χ1) is 10.5. The van der Waals surface area contributed by atoms with E-state index in [-0.39, 0.29) is 6.42 Å². The van der Waals surface area contributed by atoms with Crippen LogP contribution in [0.15, 0.2) is 35.5 Å². The van der Waals surface area contributed by atoms with E-state index >= 15 is 0 Å². The molecule has 2 atom stereocenters. The molecule has 1 aliphatic rings. The predicted molar refractivity (Wildman–Crippen MR) is 78.1 cm³/mol. The minimum absolute atomic E-state index is 0.266. The van der Waals surface area contributed by atoms with Crippen molar-refractivity contribution in [2.45, 2.75) is 25.0 Å². The maximum atomic E-state index is 12.3. The lowest BCUT2D eigenvalue weighted by Gasteiger charge is -2.23. The quantitative estimate of drug-likeness (QED) is 0.759. The minimum Gasteiger partial charge on any atom is -0.467 e. The zero-order chi connectivity index (χ0) is 16.2. The van der Waals surface area contributed by atoms with E-state index in [1.54, 1.807) is 6.92 Å². The molecule has 22 heavy (non-hydrogen) atoms. The van der Waals surface area contributed by atoms with Crippen LogP contribution >= 0.6 is 0 Å². The number of hydrogen-bond acceptors (Lipinski definition) is 6. The van der Waals surface area contributed by atoms with E-state index < -0.39 is 30.1 Å². The fourth-order valence-electron chi connectivity index (χ4n) is 2.08. The van der Waals surface area contributed by atoms with Crippen LogP contribution < -0.4 is 5.32 Å². The van der Waals surface area contributed by atoms with Crippen LogP contribution in [0.5, 0.6) is 0 Å². The summed E-state index contributed by atoms with van der Waals surface area (Å²) < 4.78 is 4.51. The molecule has 0 saturated heterocycles. The van der Waals surface area contributed by atoms with Gasteiger partial charge in [0, 0.05) is 6.42 Å². The van der Waals surface area contributed by atoms with Crippen molar-refractivity contribution in [3.8, 4) is 0 Å². The Kier molecular flexibility index (Phi) is 4.77. The highest BCUT2D eigenvalue weighted by atomic mass is 16.7. The second kappa shape index (κ2) is 6.57. The molecule has 0 bridgehead atoms. The van der Waals surface area contributed by atoms with Crippen LogP contribution in [0.4, 0.5) is 0 Å². The Bertz CT molecular complexity index is 587. The zero-order valence-electron chi connectivity index (χ0n) is 12.4. The van der Waals surface area contributed by atoms with Crippen molar-refractivity contribution >= 4 is 17.6 Å². The maximum Gasteiger partial charge on any atom is 0.330 e. The number of methoxy groups -OCH3 is 1. The summed E-state index contributed by atoms with van der Waals surface area (Å²) in [4.78, 5) is 29.0. The van der Waals surface area contributed by atoms with Crippen LogP contribution in [-0.4, -0.2) is 48.1 Å². The molecule has 0 spiro atoms. The zero-order valence-corrected chi connectivity index (χ0v) is 12.4. The fourth-order valence-corrected chi connectivity index (χ4v) is 2.08. The van der Waals surface area contributed by atoms with Gasteiger partial charge < -0.3 is 20.0 Å². The molecule has 1 amide bonds. The number of amides is 1. The van der Waals surface area contributed by atoms with Gasteiger partial charge in [-0.3, -0.25) is 4.79 Å². The molecule has 1 aromatic carbocycles. The number of ether oxygens (including phenoxy) is 1. The number of aliphatic hydroxyl groups excluding tert-OH is 1. The minimum atomic E-state index is -1.23. The number of oxime groups is 1. The van der Waals surface area contributed by atoms with Gasteiger partial charge in [-0.1, -0.05) is 35.5 Å². The van der Waals surface area contributed by atoms with Crippen molar-refractivity contribution in [1.29, 1.82) is 0 Å². The van der Waals surface area contributed by atoms with Crippen molar-refractivity contribution in [1.82, 2.24) is 5.32 Å². The molecule has 0 radical (unpaired) electrons. The average molecular weight is 306 g/mol. The fraction of sp³-hybridized carbons (Fsp3) is 0.400. The van der Waals surface area contributed by atoms with Crippen LogP contribution in [0.1, 0.15) is 18.9 Å². The second-order valence-electron chi connectivity index (χ2n) is 5.13. The van der Waals surface area contributed by atoms with Gasteiger partial charge in [0.05, 0.1) is 19.4 Å². The van der Waals surface area contributed by atoms with Gasteiger partial charge in [-0.15, -0.1) is 0 Å². The maximum absolute atomic E-state index is 12.3. The first kappa shape index (κ1) is 16.0. The largest absolute Gasteiger partial charge is 0.467 e. The van der Waals surface area contributed by atoms with E-state index in [0.717, 1.165) is 5.56 Å². The molecule has 2 rings (SSSR count). The number of carbonyl (C=O) groups is 2. The van der Waals surface area contributed by atoms with Crippen molar-refractivity contribution in [2.75, 3.05) is 13.7 Å². The number of hydrogen-bond donors (Lipinski definition) is 2. The first-order valence-corrected chi connectivity index (χ1v) is 6.80. The van der Waals surface area contributed by atoms with Crippen LogP contribution in [0.2, 0.25) is 0 Å². The third kappa shape index (κ3) is 3.25. The molecule has 1 unspecified atom stereocenters. The summed E-state index contributed by atoms with van der Waals surface area (Å²) in [5.74, 6) is -1.26. The summed E-state index contributed by atoms with van der Waals surface area (Å²) in [6.45, 7) is 1.02. The average Bonchev–Trinajstić information content (AvgIpc) is 2.96. The Balaban J connectivity index is 2.04. The number of benzene rings is 1. The van der Waals surface area contributed by atoms with Crippen molar-refractivity contribution in [2.24, 2.45) is 5.16 Å². The van der Waals surface area contributed by atoms with Crippen LogP contribution in [0.25, 0.3) is 0 Å². The predicted octanol–water partition coefficient (Wildman–Crippen LogP) is 0.220. The van der Waals surface area contributed by atoms with E-state index in [1.165, 1.54) is 7.11 Å². The number of carbonyl (C=O) groups excluding carboxylic acids is 2. The van der Waals surface area contributed by atoms with Gasteiger partial charge in [0.15, 0.2) is 6.04 Å². The second-order valence-corrected chi connectivity index (χ2v) is 5.13. The molecular formula is C15H18N2O5. The summed E-state index contributed by atoms with van der Waals surface area (Å²) in [7, 11) is 1.18. The summed E-state index contributed by atoms with van der Waals surface area (Å²) in [5.41, 5.74) is 0.287. The molecule has 7 heteroatoms. The lowest BCUT2D eigenvalue weighted by molar-refractivity contribution is -0.151. The van der Waals surface area contributed by atoms with Crippen molar-refractivity contribution < 1.29 is 24.3 Å². The summed E-state index contributed by atoms with van der Waals surface area (Å²) >= 11 is 0. The first-order valence-electron chi connectivity index (χ1n) is 6.80. The van der Waals surface area contributed by atoms with E-state index in [2.05, 4.69) is 15.2 Å². The van der Waals surface area contributed by atoms with E-state index in [0.29, 0.717) is 5.71 Å². The topological polar surface area (TPSA) is 97.2 Å². The normalized spacial score (nSPS) is 21.5. The van der Waals surface area contributed by atoms with E-state index in [1.807, 2.05) is 30.3 Å². The Morgan fingerprint density at radius 2 is 2.14 bits per heavy atom. The summed E-state index contributed by atoms with van der Waals surface area (Å²) in [6.07, 6.45) is 0.266. The molecule has 2 N–H and O–H groups in total. The summed E-state index contributed by atoms with van der Waals surface area (Å²) in [6, 6.07) is 8.24. The van der Waals surface area contributed by atoms with Gasteiger partial charge in [0.25, 0.3) is 5.91 Å². The summed E-state index contributed by atoms with van der Waals surface area (Å²) in [5, 5.41) is 15.5. The lowest BCUT2D eigenvalue weighted by Crippen LogP contribution is -2.52. The van der Waals surface area contributed by atoms with Crippen LogP contribution in [-0.2, 0) is 19.2 Å². The smallest absolute Gasteiger partial charge is 0.330 e. The SMILES string of the molecule is COC(=O)[C@H](CO)NC(=O)C1(C)CC(c2ccccc2)=NO1. The van der Waals surface area contributed by atoms with Gasteiger partial charge in [0.1, 0.15) is 0 Å². The standard InChI is InChI=1S/C15H18N2O5/c1-15(14(20)16-12(9-18)13(19)21-2)8-11(17-22-15)10-6-4-3-5-7-10/h3-7,12,18H,8-9H2,1-2H3,(H,16,20)/t12-,15?/m0/s1. The molecule has 0 aliphatic carbocycles. The van der Waals surface area contributed by atoms with E-state index in [4.69, 9.17) is 9.94 Å². The van der Waals surface area contributed by atoms with Gasteiger partial charge in [-0.25, -0.2) is 4.79 Å². The Hall–Kier alpha value is -2.41. The molecule has 0 fully saturated rings. The highest BCUT2D eigenvalue weighted by Crippen LogP contribution is 2.26. The molecule has 7 nitrogen and oxygen atoms in total. The number of esters is 1. The molecule has 1 heterocycles. The monoisotopic (exact) mass is 306 g/mol. The molecule has 0 aromatic heterocycles. The number of nitrogens with zero attached hydrogens (tertiary/aromatic N) is 1. The Morgan fingerprint density at radius 1 is 1.45 bits per heavy atom. The number of aliphatic hydroxyl groups is 1. The highest BCUT2D eigenvalue weighted by Gasteiger charge is 2.43. The van der Waals surface area contributed by atoms with Crippen molar-refractivity contribution in [3.63, 3.8) is 0 Å². The molecule has 118 valence electrons. The van der Waals surface area contributed by atoms with Crippen molar-refractivity contribution in [3.05, 3.63) is 35.9 Å². The van der Waals surface area contributed by atoms with Gasteiger partial charge in [-0.05, 0) is 12.5 Å². The number of nitrogens with one attached hydrogen (secondary N) is 1. The molecular weight excluding hydrogens is 288 g/mol. The Morgan fingerprint density at radius 3 is 2.73 bits per heavy atom.